The molecule has 2 radical (unpaired) electrons. The molecule has 1 saturated heterocycles. The van der Waals surface area contributed by atoms with Gasteiger partial charge in [0, 0.05) is 11.4 Å². The van der Waals surface area contributed by atoms with E-state index in [4.69, 9.17) is 0 Å². The van der Waals surface area contributed by atoms with Crippen LogP contribution in [0.2, 0.25) is 0 Å². The summed E-state index contributed by atoms with van der Waals surface area (Å²) in [6.07, 6.45) is 9.71. The topological polar surface area (TPSA) is 3.24 Å². The van der Waals surface area contributed by atoms with Crippen LogP contribution in [-0.2, 0) is 6.42 Å². The minimum Gasteiger partial charge on any atom is -0.303 e. The highest BCUT2D eigenvalue weighted by Crippen LogP contribution is 2.30. The third-order valence-corrected chi connectivity index (χ3v) is 4.85. The predicted octanol–water partition coefficient (Wildman–Crippen LogP) is 3.84. The fourth-order valence-electron chi connectivity index (χ4n) is 2.70. The zero-order valence-corrected chi connectivity index (χ0v) is 11.7. The molecule has 0 amide bonds. The molecule has 0 unspecified atom stereocenters. The molecule has 0 aromatic carbocycles. The first-order chi connectivity index (χ1) is 8.83. The van der Waals surface area contributed by atoms with Crippen molar-refractivity contribution in [1.29, 1.82) is 0 Å². The van der Waals surface area contributed by atoms with Crippen LogP contribution in [0.3, 0.4) is 0 Å². The van der Waals surface area contributed by atoms with E-state index in [1.54, 1.807) is 0 Å². The van der Waals surface area contributed by atoms with Gasteiger partial charge in [-0.05, 0) is 75.0 Å². The molecule has 2 aliphatic rings. The van der Waals surface area contributed by atoms with Crippen molar-refractivity contribution >= 4 is 11.3 Å². The zero-order valence-electron chi connectivity index (χ0n) is 10.9. The molecule has 0 N–H and O–H groups in total. The van der Waals surface area contributed by atoms with Crippen LogP contribution in [0.15, 0.2) is 23.1 Å². The largest absolute Gasteiger partial charge is 0.303 e. The van der Waals surface area contributed by atoms with E-state index in [0.29, 0.717) is 5.92 Å². The van der Waals surface area contributed by atoms with Crippen molar-refractivity contribution in [2.24, 2.45) is 0 Å². The second kappa shape index (κ2) is 5.58. The van der Waals surface area contributed by atoms with Gasteiger partial charge in [-0.1, -0.05) is 11.6 Å². The van der Waals surface area contributed by atoms with Gasteiger partial charge in [-0.25, -0.2) is 0 Å². The zero-order chi connectivity index (χ0) is 12.4. The molecule has 0 saturated carbocycles. The van der Waals surface area contributed by atoms with E-state index >= 15 is 0 Å². The van der Waals surface area contributed by atoms with Gasteiger partial charge in [0.05, 0.1) is 0 Å². The minimum atomic E-state index is 0.436. The standard InChI is InChI=1S/C16H21NS/c1-13(12-17-9-2-3-10-17)15-8-11-18-16(15)7-6-14-4-5-14/h4,6,8,11,13H,1-3,5,7,9-10,12H2/t13-/m0/s1. The number of nitrogens with zero attached hydrogens (tertiary/aromatic N) is 1. The summed E-state index contributed by atoms with van der Waals surface area (Å²) in [5.41, 5.74) is 3.00. The molecule has 1 fully saturated rings. The van der Waals surface area contributed by atoms with Crippen LogP contribution >= 0.6 is 11.3 Å². The summed E-state index contributed by atoms with van der Waals surface area (Å²) in [6, 6.07) is 2.28. The van der Waals surface area contributed by atoms with Crippen LogP contribution in [-0.4, -0.2) is 24.5 Å². The number of hydrogen-bond acceptors (Lipinski definition) is 2. The van der Waals surface area contributed by atoms with E-state index in [9.17, 15) is 0 Å². The van der Waals surface area contributed by atoms with Gasteiger partial charge < -0.3 is 4.90 Å². The van der Waals surface area contributed by atoms with Crippen molar-refractivity contribution in [3.63, 3.8) is 0 Å². The molecule has 3 rings (SSSR count). The highest BCUT2D eigenvalue weighted by atomic mass is 32.1. The second-order valence-corrected chi connectivity index (χ2v) is 6.40. The van der Waals surface area contributed by atoms with Crippen molar-refractivity contribution < 1.29 is 0 Å². The highest BCUT2D eigenvalue weighted by Gasteiger charge is 2.19. The highest BCUT2D eigenvalue weighted by molar-refractivity contribution is 7.10. The molecule has 1 aromatic rings. The number of thiophene rings is 1. The van der Waals surface area contributed by atoms with Crippen molar-refractivity contribution in [1.82, 2.24) is 4.90 Å². The summed E-state index contributed by atoms with van der Waals surface area (Å²) in [4.78, 5) is 4.08. The fraction of sp³-hybridized carbons (Fsp3) is 0.500. The van der Waals surface area contributed by atoms with Crippen LogP contribution in [0.1, 0.15) is 35.6 Å². The van der Waals surface area contributed by atoms with Gasteiger partial charge in [-0.3, -0.25) is 0 Å². The van der Waals surface area contributed by atoms with Crippen LogP contribution in [0.25, 0.3) is 0 Å². The third kappa shape index (κ3) is 3.04. The Morgan fingerprint density at radius 3 is 2.89 bits per heavy atom. The smallest absolute Gasteiger partial charge is 0.00867 e. The maximum atomic E-state index is 4.38. The number of rotatable bonds is 6. The monoisotopic (exact) mass is 259 g/mol. The molecule has 1 aliphatic heterocycles. The molecule has 0 bridgehead atoms. The van der Waals surface area contributed by atoms with Gasteiger partial charge in [-0.15, -0.1) is 11.3 Å². The summed E-state index contributed by atoms with van der Waals surface area (Å²) < 4.78 is 0. The normalized spacial score (nSPS) is 21.1. The first-order valence-corrected chi connectivity index (χ1v) is 7.85. The van der Waals surface area contributed by atoms with Gasteiger partial charge in [0.1, 0.15) is 0 Å². The lowest BCUT2D eigenvalue weighted by molar-refractivity contribution is 0.329. The van der Waals surface area contributed by atoms with Crippen molar-refractivity contribution in [2.75, 3.05) is 19.6 Å². The summed E-state index contributed by atoms with van der Waals surface area (Å²) in [7, 11) is 0. The van der Waals surface area contributed by atoms with Crippen LogP contribution in [0.5, 0.6) is 0 Å². The Morgan fingerprint density at radius 1 is 1.39 bits per heavy atom. The van der Waals surface area contributed by atoms with Crippen LogP contribution in [0.4, 0.5) is 0 Å². The van der Waals surface area contributed by atoms with Gasteiger partial charge >= 0.3 is 0 Å². The first-order valence-electron chi connectivity index (χ1n) is 6.97. The van der Waals surface area contributed by atoms with E-state index in [-0.39, 0.29) is 0 Å². The molecule has 96 valence electrons. The Bertz CT molecular complexity index is 426. The van der Waals surface area contributed by atoms with Gasteiger partial charge in [0.25, 0.3) is 0 Å². The molecule has 1 aliphatic carbocycles. The van der Waals surface area contributed by atoms with Crippen LogP contribution < -0.4 is 0 Å². The van der Waals surface area contributed by atoms with Crippen molar-refractivity contribution in [3.05, 3.63) is 46.9 Å². The average molecular weight is 259 g/mol. The second-order valence-electron chi connectivity index (χ2n) is 5.40. The molecule has 0 spiro atoms. The third-order valence-electron chi connectivity index (χ3n) is 3.89. The SMILES string of the molecule is [CH2][C@@H](CN1CCCC1)c1ccsc1C[CH]C1=CC1. The summed E-state index contributed by atoms with van der Waals surface area (Å²) in [6.45, 7) is 8.05. The molecular formula is C16H21NS. The number of likely N-dealkylation sites (tertiary alicyclic amines) is 1. The molecule has 1 aromatic heterocycles. The number of allylic oxidation sites excluding steroid dienone is 2. The van der Waals surface area contributed by atoms with E-state index in [1.807, 2.05) is 11.3 Å². The lowest BCUT2D eigenvalue weighted by Gasteiger charge is -2.20. The average Bonchev–Trinajstić information content (AvgIpc) is 2.88. The maximum absolute atomic E-state index is 4.38. The molecular weight excluding hydrogens is 238 g/mol. The Balaban J connectivity index is 1.58. The van der Waals surface area contributed by atoms with Crippen LogP contribution in [0, 0.1) is 13.3 Å². The van der Waals surface area contributed by atoms with Crippen molar-refractivity contribution in [3.8, 4) is 0 Å². The quantitative estimate of drug-likeness (QED) is 0.750. The van der Waals surface area contributed by atoms with Crippen molar-refractivity contribution in [2.45, 2.75) is 31.6 Å². The lowest BCUT2D eigenvalue weighted by Crippen LogP contribution is -2.24. The Hall–Kier alpha value is -0.600. The van der Waals surface area contributed by atoms with E-state index in [2.05, 4.69) is 35.8 Å². The summed E-state index contributed by atoms with van der Waals surface area (Å²) >= 11 is 1.89. The molecule has 1 atom stereocenters. The van der Waals surface area contributed by atoms with Gasteiger partial charge in [-0.2, -0.15) is 0 Å². The molecule has 2 heteroatoms. The minimum absolute atomic E-state index is 0.436. The summed E-state index contributed by atoms with van der Waals surface area (Å²) in [5.74, 6) is 0.436. The van der Waals surface area contributed by atoms with Gasteiger partial charge in [0.2, 0.25) is 0 Å². The fourth-order valence-corrected chi connectivity index (χ4v) is 3.63. The van der Waals surface area contributed by atoms with E-state index < -0.39 is 0 Å². The predicted molar refractivity (Wildman–Crippen MR) is 78.8 cm³/mol. The lowest BCUT2D eigenvalue weighted by atomic mass is 9.99. The first kappa shape index (κ1) is 12.4. The Kier molecular flexibility index (Phi) is 3.86. The van der Waals surface area contributed by atoms with E-state index in [1.165, 1.54) is 48.4 Å². The molecule has 2 heterocycles. The van der Waals surface area contributed by atoms with E-state index in [0.717, 1.165) is 13.0 Å². The molecule has 1 nitrogen and oxygen atoms in total. The Morgan fingerprint density at radius 2 is 2.17 bits per heavy atom. The maximum Gasteiger partial charge on any atom is 0.00867 e. The van der Waals surface area contributed by atoms with Gasteiger partial charge in [0.15, 0.2) is 0 Å². The number of hydrogen-bond donors (Lipinski definition) is 0. The molecule has 18 heavy (non-hydrogen) atoms. The Labute approximate surface area is 115 Å². The summed E-state index contributed by atoms with van der Waals surface area (Å²) in [5, 5.41) is 2.22.